The molecule has 0 aromatic heterocycles. The van der Waals surface area contributed by atoms with Crippen LogP contribution in [0, 0.1) is 0 Å². The minimum Gasteiger partial charge on any atom is -0.496 e. The second-order valence-corrected chi connectivity index (χ2v) is 8.12. The predicted octanol–water partition coefficient (Wildman–Crippen LogP) is 3.49. The van der Waals surface area contributed by atoms with E-state index in [1.807, 2.05) is 48.5 Å². The molecule has 0 radical (unpaired) electrons. The van der Waals surface area contributed by atoms with Gasteiger partial charge >= 0.3 is 0 Å². The number of benzene rings is 2. The molecule has 0 unspecified atom stereocenters. The van der Waals surface area contributed by atoms with Gasteiger partial charge in [-0.3, -0.25) is 14.5 Å². The highest BCUT2D eigenvalue weighted by molar-refractivity contribution is 8.26. The molecule has 1 saturated heterocycles. The summed E-state index contributed by atoms with van der Waals surface area (Å²) in [6.45, 7) is 0.438. The SMILES string of the molecule is COc1ccccc1CCN1C(=O)C(=C2C(=O)N(C)c3ccccc32)SC1=S. The molecule has 5 nitrogen and oxygen atoms in total. The lowest BCUT2D eigenvalue weighted by atomic mass is 10.1. The Morgan fingerprint density at radius 1 is 1.04 bits per heavy atom. The fourth-order valence-corrected chi connectivity index (χ4v) is 4.85. The van der Waals surface area contributed by atoms with Gasteiger partial charge in [0.1, 0.15) is 10.1 Å². The van der Waals surface area contributed by atoms with Crippen molar-refractivity contribution in [3.8, 4) is 5.75 Å². The van der Waals surface area contributed by atoms with Gasteiger partial charge in [0.25, 0.3) is 11.8 Å². The van der Waals surface area contributed by atoms with Gasteiger partial charge < -0.3 is 9.64 Å². The van der Waals surface area contributed by atoms with Crippen LogP contribution in [0.25, 0.3) is 5.57 Å². The number of hydrogen-bond acceptors (Lipinski definition) is 5. The summed E-state index contributed by atoms with van der Waals surface area (Å²) >= 11 is 6.65. The van der Waals surface area contributed by atoms with Gasteiger partial charge in [0.2, 0.25) is 0 Å². The van der Waals surface area contributed by atoms with E-state index in [0.29, 0.717) is 27.8 Å². The number of likely N-dealkylation sites (N-methyl/N-ethyl adjacent to an activating group) is 1. The number of rotatable bonds is 4. The van der Waals surface area contributed by atoms with Crippen molar-refractivity contribution in [3.05, 3.63) is 64.6 Å². The lowest BCUT2D eigenvalue weighted by Gasteiger charge is -2.15. The Hall–Kier alpha value is -2.64. The van der Waals surface area contributed by atoms with Crippen LogP contribution in [0.1, 0.15) is 11.1 Å². The number of thiocarbonyl (C=S) groups is 1. The van der Waals surface area contributed by atoms with Crippen LogP contribution in [-0.2, 0) is 16.0 Å². The van der Waals surface area contributed by atoms with Crippen LogP contribution in [0.5, 0.6) is 5.75 Å². The van der Waals surface area contributed by atoms with Crippen LogP contribution >= 0.6 is 24.0 Å². The van der Waals surface area contributed by atoms with E-state index in [9.17, 15) is 9.59 Å². The summed E-state index contributed by atoms with van der Waals surface area (Å²) in [6, 6.07) is 15.2. The largest absolute Gasteiger partial charge is 0.496 e. The topological polar surface area (TPSA) is 49.9 Å². The molecule has 0 atom stereocenters. The summed E-state index contributed by atoms with van der Waals surface area (Å²) in [5.41, 5.74) is 3.03. The number of carbonyl (C=O) groups excluding carboxylic acids is 2. The Balaban J connectivity index is 1.63. The van der Waals surface area contributed by atoms with Gasteiger partial charge in [-0.15, -0.1) is 0 Å². The first-order chi connectivity index (χ1) is 13.5. The molecular weight excluding hydrogens is 392 g/mol. The maximum Gasteiger partial charge on any atom is 0.267 e. The van der Waals surface area contributed by atoms with Crippen molar-refractivity contribution in [2.75, 3.05) is 25.6 Å². The number of carbonyl (C=O) groups is 2. The quantitative estimate of drug-likeness (QED) is 0.571. The molecule has 2 amide bonds. The van der Waals surface area contributed by atoms with Gasteiger partial charge in [-0.1, -0.05) is 60.4 Å². The van der Waals surface area contributed by atoms with E-state index >= 15 is 0 Å². The Bertz CT molecular complexity index is 1030. The number of amides is 2. The lowest BCUT2D eigenvalue weighted by Crippen LogP contribution is -2.30. The predicted molar refractivity (Wildman–Crippen MR) is 115 cm³/mol. The van der Waals surface area contributed by atoms with Crippen molar-refractivity contribution in [1.29, 1.82) is 0 Å². The number of thioether (sulfide) groups is 1. The molecule has 2 aromatic carbocycles. The van der Waals surface area contributed by atoms with E-state index in [1.165, 1.54) is 11.8 Å². The van der Waals surface area contributed by atoms with Crippen molar-refractivity contribution in [2.24, 2.45) is 0 Å². The fourth-order valence-electron chi connectivity index (χ4n) is 3.47. The number of ether oxygens (including phenoxy) is 1. The Labute approximate surface area is 173 Å². The van der Waals surface area contributed by atoms with E-state index in [0.717, 1.165) is 22.6 Å². The van der Waals surface area contributed by atoms with Gasteiger partial charge in [-0.2, -0.15) is 0 Å². The van der Waals surface area contributed by atoms with Crippen molar-refractivity contribution in [2.45, 2.75) is 6.42 Å². The third kappa shape index (κ3) is 3.00. The molecule has 0 spiro atoms. The highest BCUT2D eigenvalue weighted by atomic mass is 32.2. The van der Waals surface area contributed by atoms with Gasteiger partial charge in [-0.05, 0) is 24.1 Å². The van der Waals surface area contributed by atoms with Crippen LogP contribution in [-0.4, -0.2) is 41.7 Å². The van der Waals surface area contributed by atoms with Crippen molar-refractivity contribution in [1.82, 2.24) is 4.90 Å². The monoisotopic (exact) mass is 410 g/mol. The Kier molecular flexibility index (Phi) is 4.95. The van der Waals surface area contributed by atoms with Crippen molar-refractivity contribution >= 4 is 51.4 Å². The molecule has 4 rings (SSSR count). The molecule has 1 fully saturated rings. The molecule has 2 aromatic rings. The van der Waals surface area contributed by atoms with E-state index < -0.39 is 0 Å². The average molecular weight is 411 g/mol. The molecule has 7 heteroatoms. The second kappa shape index (κ2) is 7.41. The summed E-state index contributed by atoms with van der Waals surface area (Å²) in [5, 5.41) is 0. The number of para-hydroxylation sites is 2. The fraction of sp³-hybridized carbons (Fsp3) is 0.190. The van der Waals surface area contributed by atoms with Gasteiger partial charge in [0, 0.05) is 19.2 Å². The number of nitrogens with zero attached hydrogens (tertiary/aromatic N) is 2. The summed E-state index contributed by atoms with van der Waals surface area (Å²) in [7, 11) is 3.35. The highest BCUT2D eigenvalue weighted by Gasteiger charge is 2.40. The Morgan fingerprint density at radius 2 is 1.75 bits per heavy atom. The summed E-state index contributed by atoms with van der Waals surface area (Å²) in [6.07, 6.45) is 0.615. The Morgan fingerprint density at radius 3 is 2.54 bits per heavy atom. The van der Waals surface area contributed by atoms with E-state index in [-0.39, 0.29) is 11.8 Å². The normalized spacial score (nSPS) is 18.9. The summed E-state index contributed by atoms with van der Waals surface area (Å²) in [5.74, 6) is 0.401. The molecule has 2 heterocycles. The molecular formula is C21H18N2O3S2. The van der Waals surface area contributed by atoms with Gasteiger partial charge in [0.15, 0.2) is 0 Å². The lowest BCUT2D eigenvalue weighted by molar-refractivity contribution is -0.122. The minimum absolute atomic E-state index is 0.175. The first kappa shape index (κ1) is 18.7. The van der Waals surface area contributed by atoms with Crippen LogP contribution < -0.4 is 9.64 Å². The highest BCUT2D eigenvalue weighted by Crippen LogP contribution is 2.43. The standard InChI is InChI=1S/C21H18N2O3S2/c1-22-15-9-5-4-8-14(15)17(19(22)24)18-20(25)23(21(27)28-18)12-11-13-7-3-6-10-16(13)26-2/h3-10H,11-12H2,1-2H3. The maximum absolute atomic E-state index is 13.1. The zero-order valence-corrected chi connectivity index (χ0v) is 17.1. The maximum atomic E-state index is 13.1. The van der Waals surface area contributed by atoms with E-state index in [2.05, 4.69) is 0 Å². The first-order valence-corrected chi connectivity index (χ1v) is 10.0. The second-order valence-electron chi connectivity index (χ2n) is 6.47. The minimum atomic E-state index is -0.210. The van der Waals surface area contributed by atoms with Gasteiger partial charge in [-0.25, -0.2) is 0 Å². The third-order valence-electron chi connectivity index (χ3n) is 4.93. The molecule has 28 heavy (non-hydrogen) atoms. The number of methoxy groups -OCH3 is 1. The molecule has 0 aliphatic carbocycles. The van der Waals surface area contributed by atoms with Crippen LogP contribution in [0.2, 0.25) is 0 Å². The van der Waals surface area contributed by atoms with E-state index in [1.54, 1.807) is 24.0 Å². The zero-order chi connectivity index (χ0) is 19.8. The van der Waals surface area contributed by atoms with Crippen molar-refractivity contribution in [3.63, 3.8) is 0 Å². The molecule has 142 valence electrons. The molecule has 0 N–H and O–H groups in total. The van der Waals surface area contributed by atoms with Crippen LogP contribution in [0.3, 0.4) is 0 Å². The number of fused-ring (bicyclic) bond motifs is 1. The van der Waals surface area contributed by atoms with Gasteiger partial charge in [0.05, 0.1) is 23.3 Å². The number of anilines is 1. The first-order valence-electron chi connectivity index (χ1n) is 8.80. The molecule has 0 saturated carbocycles. The summed E-state index contributed by atoms with van der Waals surface area (Å²) in [4.78, 5) is 29.5. The van der Waals surface area contributed by atoms with E-state index in [4.69, 9.17) is 17.0 Å². The summed E-state index contributed by atoms with van der Waals surface area (Å²) < 4.78 is 5.85. The number of hydrogen-bond donors (Lipinski definition) is 0. The average Bonchev–Trinajstić information content (AvgIpc) is 3.13. The smallest absolute Gasteiger partial charge is 0.267 e. The van der Waals surface area contributed by atoms with Crippen LogP contribution in [0.4, 0.5) is 5.69 Å². The molecule has 2 aliphatic rings. The third-order valence-corrected chi connectivity index (χ3v) is 6.37. The molecule has 2 aliphatic heterocycles. The van der Waals surface area contributed by atoms with Crippen molar-refractivity contribution < 1.29 is 14.3 Å². The zero-order valence-electron chi connectivity index (χ0n) is 15.5. The molecule has 0 bridgehead atoms. The van der Waals surface area contributed by atoms with Crippen LogP contribution in [0.15, 0.2) is 53.4 Å².